The van der Waals surface area contributed by atoms with E-state index >= 15 is 0 Å². The van der Waals surface area contributed by atoms with Crippen LogP contribution in [-0.4, -0.2) is 6.04 Å². The summed E-state index contributed by atoms with van der Waals surface area (Å²) in [5, 5.41) is 0. The van der Waals surface area contributed by atoms with Gasteiger partial charge in [0.2, 0.25) is 0 Å². The lowest BCUT2D eigenvalue weighted by atomic mass is 10.0. The molecule has 0 saturated carbocycles. The number of nitrogens with two attached hydrogens (primary N) is 1. The van der Waals surface area contributed by atoms with Gasteiger partial charge in [0, 0.05) is 6.04 Å². The van der Waals surface area contributed by atoms with E-state index in [0.29, 0.717) is 18.9 Å². The van der Waals surface area contributed by atoms with Crippen molar-refractivity contribution in [2.45, 2.75) is 32.0 Å². The molecule has 1 aromatic rings. The van der Waals surface area contributed by atoms with Gasteiger partial charge in [-0.1, -0.05) is 6.07 Å². The Kier molecular flexibility index (Phi) is 3.91. The van der Waals surface area contributed by atoms with Gasteiger partial charge in [0.1, 0.15) is 5.82 Å². The Morgan fingerprint density at radius 1 is 1.31 bits per heavy atom. The van der Waals surface area contributed by atoms with Crippen LogP contribution in [0.15, 0.2) is 18.2 Å². The minimum Gasteiger partial charge on any atom is -0.328 e. The van der Waals surface area contributed by atoms with E-state index in [-0.39, 0.29) is 11.6 Å². The molecule has 5 heteroatoms. The van der Waals surface area contributed by atoms with E-state index in [2.05, 4.69) is 0 Å². The first-order valence-corrected chi connectivity index (χ1v) is 4.92. The molecular formula is C11H13F4N. The molecule has 1 aromatic carbocycles. The third-order valence-electron chi connectivity index (χ3n) is 2.25. The third kappa shape index (κ3) is 3.48. The quantitative estimate of drug-likeness (QED) is 0.800. The normalized spacial score (nSPS) is 13.9. The molecule has 1 nitrogen and oxygen atoms in total. The van der Waals surface area contributed by atoms with E-state index in [0.717, 1.165) is 6.07 Å². The van der Waals surface area contributed by atoms with Crippen LogP contribution in [0.1, 0.15) is 24.5 Å². The van der Waals surface area contributed by atoms with Crippen LogP contribution in [0.2, 0.25) is 0 Å². The smallest absolute Gasteiger partial charge is 0.328 e. The van der Waals surface area contributed by atoms with Crippen LogP contribution in [-0.2, 0) is 12.6 Å². The first kappa shape index (κ1) is 13.0. The second-order valence-electron chi connectivity index (χ2n) is 3.82. The molecule has 0 aliphatic rings. The van der Waals surface area contributed by atoms with Gasteiger partial charge < -0.3 is 5.73 Å². The third-order valence-corrected chi connectivity index (χ3v) is 2.25. The highest BCUT2D eigenvalue weighted by Gasteiger charge is 2.31. The Morgan fingerprint density at radius 3 is 2.38 bits per heavy atom. The van der Waals surface area contributed by atoms with Gasteiger partial charge in [-0.15, -0.1) is 0 Å². The van der Waals surface area contributed by atoms with Crippen molar-refractivity contribution in [3.63, 3.8) is 0 Å². The summed E-state index contributed by atoms with van der Waals surface area (Å²) in [5.74, 6) is -0.824. The lowest BCUT2D eigenvalue weighted by molar-refractivity contribution is -0.137. The molecule has 0 unspecified atom stereocenters. The van der Waals surface area contributed by atoms with E-state index in [1.165, 1.54) is 6.07 Å². The predicted molar refractivity (Wildman–Crippen MR) is 53.4 cm³/mol. The molecule has 2 N–H and O–H groups in total. The minimum absolute atomic E-state index is 0.0957. The lowest BCUT2D eigenvalue weighted by Gasteiger charge is -2.10. The van der Waals surface area contributed by atoms with Gasteiger partial charge in [-0.25, -0.2) is 4.39 Å². The first-order chi connectivity index (χ1) is 7.30. The second kappa shape index (κ2) is 4.82. The Hall–Kier alpha value is -1.10. The van der Waals surface area contributed by atoms with Gasteiger partial charge >= 0.3 is 6.18 Å². The molecule has 0 fully saturated rings. The average Bonchev–Trinajstić information content (AvgIpc) is 2.14. The molecule has 0 radical (unpaired) electrons. The molecular weight excluding hydrogens is 222 g/mol. The molecule has 0 aliphatic carbocycles. The summed E-state index contributed by atoms with van der Waals surface area (Å²) in [6.45, 7) is 1.77. The van der Waals surface area contributed by atoms with Crippen LogP contribution >= 0.6 is 0 Å². The van der Waals surface area contributed by atoms with Crippen molar-refractivity contribution < 1.29 is 17.6 Å². The molecule has 0 spiro atoms. The summed E-state index contributed by atoms with van der Waals surface area (Å²) in [5.41, 5.74) is 4.79. The predicted octanol–water partition coefficient (Wildman–Crippen LogP) is 3.12. The van der Waals surface area contributed by atoms with Crippen LogP contribution in [0.4, 0.5) is 17.6 Å². The fourth-order valence-corrected chi connectivity index (χ4v) is 1.31. The van der Waals surface area contributed by atoms with Crippen LogP contribution in [0.5, 0.6) is 0 Å². The summed E-state index contributed by atoms with van der Waals surface area (Å²) >= 11 is 0. The largest absolute Gasteiger partial charge is 0.416 e. The lowest BCUT2D eigenvalue weighted by Crippen LogP contribution is -2.16. The summed E-state index contributed by atoms with van der Waals surface area (Å²) in [4.78, 5) is 0. The van der Waals surface area contributed by atoms with Crippen molar-refractivity contribution in [3.05, 3.63) is 35.1 Å². The number of hydrogen-bond donors (Lipinski definition) is 1. The topological polar surface area (TPSA) is 26.0 Å². The van der Waals surface area contributed by atoms with Gasteiger partial charge in [0.05, 0.1) is 5.56 Å². The van der Waals surface area contributed by atoms with Gasteiger partial charge in [0.15, 0.2) is 0 Å². The maximum absolute atomic E-state index is 13.3. The van der Waals surface area contributed by atoms with Gasteiger partial charge in [-0.2, -0.15) is 13.2 Å². The maximum atomic E-state index is 13.3. The Bertz CT molecular complexity index is 357. The number of benzene rings is 1. The molecule has 1 atom stereocenters. The van der Waals surface area contributed by atoms with Crippen molar-refractivity contribution in [1.82, 2.24) is 0 Å². The van der Waals surface area contributed by atoms with Crippen molar-refractivity contribution in [2.75, 3.05) is 0 Å². The highest BCUT2D eigenvalue weighted by Crippen LogP contribution is 2.30. The van der Waals surface area contributed by atoms with Gasteiger partial charge in [0.25, 0.3) is 0 Å². The van der Waals surface area contributed by atoms with Crippen molar-refractivity contribution >= 4 is 0 Å². The van der Waals surface area contributed by atoms with Gasteiger partial charge in [-0.05, 0) is 37.5 Å². The molecule has 0 saturated heterocycles. The maximum Gasteiger partial charge on any atom is 0.416 e. The molecule has 16 heavy (non-hydrogen) atoms. The standard InChI is InChI=1S/C11H13F4N/c1-7(16)2-3-8-4-5-9(6-10(8)12)11(13,14)15/h4-7H,2-3,16H2,1H3/t7-/m1/s1. The number of halogens is 4. The average molecular weight is 235 g/mol. The monoisotopic (exact) mass is 235 g/mol. The Labute approximate surface area is 91.3 Å². The zero-order valence-electron chi connectivity index (χ0n) is 8.81. The van der Waals surface area contributed by atoms with E-state index in [1.807, 2.05) is 0 Å². The van der Waals surface area contributed by atoms with Crippen LogP contribution in [0.25, 0.3) is 0 Å². The number of hydrogen-bond acceptors (Lipinski definition) is 1. The summed E-state index contributed by atoms with van der Waals surface area (Å²) in [7, 11) is 0. The van der Waals surface area contributed by atoms with Crippen LogP contribution in [0, 0.1) is 5.82 Å². The second-order valence-corrected chi connectivity index (χ2v) is 3.82. The SMILES string of the molecule is C[C@@H](N)CCc1ccc(C(F)(F)F)cc1F. The van der Waals surface area contributed by atoms with E-state index < -0.39 is 17.6 Å². The molecule has 0 aromatic heterocycles. The van der Waals surface area contributed by atoms with Crippen molar-refractivity contribution in [2.24, 2.45) is 5.73 Å². The number of alkyl halides is 3. The number of rotatable bonds is 3. The molecule has 0 bridgehead atoms. The Balaban J connectivity index is 2.84. The van der Waals surface area contributed by atoms with Gasteiger partial charge in [-0.3, -0.25) is 0 Å². The summed E-state index contributed by atoms with van der Waals surface area (Å²) in [6, 6.07) is 2.48. The summed E-state index contributed by atoms with van der Waals surface area (Å²) in [6.07, 6.45) is -3.61. The molecule has 0 aliphatic heterocycles. The highest BCUT2D eigenvalue weighted by molar-refractivity contribution is 5.26. The van der Waals surface area contributed by atoms with Crippen LogP contribution in [0.3, 0.4) is 0 Å². The molecule has 0 amide bonds. The fraction of sp³-hybridized carbons (Fsp3) is 0.455. The van der Waals surface area contributed by atoms with Crippen molar-refractivity contribution in [1.29, 1.82) is 0 Å². The zero-order chi connectivity index (χ0) is 12.3. The van der Waals surface area contributed by atoms with Crippen LogP contribution < -0.4 is 5.73 Å². The fourth-order valence-electron chi connectivity index (χ4n) is 1.31. The first-order valence-electron chi connectivity index (χ1n) is 4.92. The molecule has 90 valence electrons. The van der Waals surface area contributed by atoms with Crippen molar-refractivity contribution in [3.8, 4) is 0 Å². The van der Waals surface area contributed by atoms with E-state index in [1.54, 1.807) is 6.92 Å². The molecule has 1 rings (SSSR count). The number of aryl methyl sites for hydroxylation is 1. The summed E-state index contributed by atoms with van der Waals surface area (Å²) < 4.78 is 50.0. The van der Waals surface area contributed by atoms with E-state index in [4.69, 9.17) is 5.73 Å². The Morgan fingerprint density at radius 2 is 1.94 bits per heavy atom. The molecule has 0 heterocycles. The zero-order valence-corrected chi connectivity index (χ0v) is 8.81. The highest BCUT2D eigenvalue weighted by atomic mass is 19.4. The van der Waals surface area contributed by atoms with E-state index in [9.17, 15) is 17.6 Å². The minimum atomic E-state index is -4.50.